The van der Waals surface area contributed by atoms with Crippen LogP contribution in [0, 0.1) is 17.0 Å². The van der Waals surface area contributed by atoms with Gasteiger partial charge in [0.25, 0.3) is 11.2 Å². The number of rotatable bonds is 5. The molecule has 4 rings (SSSR count). The molecule has 2 aromatic carbocycles. The Morgan fingerprint density at radius 3 is 2.63 bits per heavy atom. The third-order valence-electron chi connectivity index (χ3n) is 5.10. The van der Waals surface area contributed by atoms with Gasteiger partial charge in [-0.1, -0.05) is 23.8 Å². The van der Waals surface area contributed by atoms with E-state index < -0.39 is 4.92 Å². The molecule has 2 aromatic heterocycles. The Morgan fingerprint density at radius 2 is 1.93 bits per heavy atom. The van der Waals surface area contributed by atoms with Gasteiger partial charge in [0.15, 0.2) is 5.78 Å². The van der Waals surface area contributed by atoms with Crippen molar-refractivity contribution >= 4 is 22.4 Å². The molecule has 0 radical (unpaired) electrons. The van der Waals surface area contributed by atoms with Crippen molar-refractivity contribution in [2.75, 3.05) is 0 Å². The predicted octanol–water partition coefficient (Wildman–Crippen LogP) is 4.46. The number of non-ortho nitro benzene ring substituents is 1. The van der Waals surface area contributed by atoms with Crippen molar-refractivity contribution in [2.24, 2.45) is 0 Å². The zero-order chi connectivity index (χ0) is 21.4. The number of aromatic nitrogens is 2. The van der Waals surface area contributed by atoms with E-state index in [1.807, 2.05) is 29.7 Å². The highest BCUT2D eigenvalue weighted by Crippen LogP contribution is 2.35. The number of benzene rings is 2. The van der Waals surface area contributed by atoms with Crippen molar-refractivity contribution in [2.45, 2.75) is 20.4 Å². The van der Waals surface area contributed by atoms with Gasteiger partial charge in [-0.25, -0.2) is 0 Å². The summed E-state index contributed by atoms with van der Waals surface area (Å²) in [6, 6.07) is 15.6. The second-order valence-electron chi connectivity index (χ2n) is 7.23. The Kier molecular flexibility index (Phi) is 4.79. The number of aryl methyl sites for hydroxylation is 1. The van der Waals surface area contributed by atoms with Gasteiger partial charge in [-0.3, -0.25) is 19.7 Å². The Labute approximate surface area is 171 Å². The number of nitrogens with one attached hydrogen (secondary N) is 1. The average molecular weight is 401 g/mol. The molecule has 0 aliphatic carbocycles. The van der Waals surface area contributed by atoms with Crippen LogP contribution in [-0.4, -0.2) is 20.3 Å². The third-order valence-corrected chi connectivity index (χ3v) is 5.10. The monoisotopic (exact) mass is 401 g/mol. The number of carbonyl (C=O) groups is 1. The first-order valence-corrected chi connectivity index (χ1v) is 9.42. The van der Waals surface area contributed by atoms with Crippen molar-refractivity contribution in [3.63, 3.8) is 0 Å². The van der Waals surface area contributed by atoms with Crippen LogP contribution in [0.5, 0.6) is 0 Å². The number of hydrogen-bond donors (Lipinski definition) is 1. The quantitative estimate of drug-likeness (QED) is 0.303. The first kappa shape index (κ1) is 19.3. The van der Waals surface area contributed by atoms with Gasteiger partial charge in [0.2, 0.25) is 0 Å². The van der Waals surface area contributed by atoms with E-state index in [-0.39, 0.29) is 23.6 Å². The van der Waals surface area contributed by atoms with Crippen molar-refractivity contribution in [1.29, 1.82) is 0 Å². The number of fused-ring (bicyclic) bond motifs is 1. The first-order chi connectivity index (χ1) is 14.4. The van der Waals surface area contributed by atoms with Crippen LogP contribution in [0.15, 0.2) is 65.6 Å². The van der Waals surface area contributed by atoms with Gasteiger partial charge in [-0.15, -0.1) is 0 Å². The van der Waals surface area contributed by atoms with Crippen molar-refractivity contribution < 1.29 is 9.72 Å². The molecule has 7 nitrogen and oxygen atoms in total. The fraction of sp³-hybridized carbons (Fsp3) is 0.130. The van der Waals surface area contributed by atoms with Crippen LogP contribution in [-0.2, 0) is 6.54 Å². The van der Waals surface area contributed by atoms with Crippen LogP contribution in [0.2, 0.25) is 0 Å². The Morgan fingerprint density at radius 1 is 1.13 bits per heavy atom. The summed E-state index contributed by atoms with van der Waals surface area (Å²) in [4.78, 5) is 38.7. The van der Waals surface area contributed by atoms with Crippen LogP contribution < -0.4 is 5.56 Å². The molecule has 0 spiro atoms. The SMILES string of the molecule is CC(=O)c1c(-c2ccc[nH]c2=O)c2cc(C)ccc2n1Cc1cccc([N+](=O)[O-])c1. The van der Waals surface area contributed by atoms with Crippen LogP contribution in [0.4, 0.5) is 5.69 Å². The van der Waals surface area contributed by atoms with Gasteiger partial charge in [-0.2, -0.15) is 0 Å². The summed E-state index contributed by atoms with van der Waals surface area (Å²) >= 11 is 0. The smallest absolute Gasteiger partial charge is 0.269 e. The number of hydrogen-bond acceptors (Lipinski definition) is 4. The van der Waals surface area contributed by atoms with E-state index in [1.165, 1.54) is 19.1 Å². The number of carbonyl (C=O) groups excluding carboxylic acids is 1. The predicted molar refractivity (Wildman–Crippen MR) is 115 cm³/mol. The molecule has 0 aliphatic heterocycles. The molecule has 0 unspecified atom stereocenters. The molecule has 0 fully saturated rings. The van der Waals surface area contributed by atoms with E-state index in [0.29, 0.717) is 22.4 Å². The summed E-state index contributed by atoms with van der Waals surface area (Å²) in [7, 11) is 0. The third kappa shape index (κ3) is 3.30. The van der Waals surface area contributed by atoms with Crippen molar-refractivity contribution in [3.8, 4) is 11.1 Å². The number of nitro benzene ring substituents is 1. The maximum absolute atomic E-state index is 12.8. The minimum atomic E-state index is -0.443. The molecule has 2 heterocycles. The molecule has 0 aliphatic rings. The van der Waals surface area contributed by atoms with E-state index in [2.05, 4.69) is 4.98 Å². The Hall–Kier alpha value is -4.00. The summed E-state index contributed by atoms with van der Waals surface area (Å²) in [5.41, 5.74) is 3.58. The lowest BCUT2D eigenvalue weighted by Crippen LogP contribution is -2.12. The lowest BCUT2D eigenvalue weighted by Gasteiger charge is -2.10. The maximum Gasteiger partial charge on any atom is 0.269 e. The van der Waals surface area contributed by atoms with E-state index in [9.17, 15) is 19.7 Å². The van der Waals surface area contributed by atoms with Gasteiger partial charge in [0.1, 0.15) is 0 Å². The Balaban J connectivity index is 2.03. The molecule has 30 heavy (non-hydrogen) atoms. The number of ketones is 1. The molecule has 7 heteroatoms. The molecular formula is C23H19N3O4. The lowest BCUT2D eigenvalue weighted by molar-refractivity contribution is -0.384. The van der Waals surface area contributed by atoms with Crippen LogP contribution in [0.25, 0.3) is 22.0 Å². The number of nitro groups is 1. The molecule has 0 bridgehead atoms. The number of H-pyrrole nitrogens is 1. The highest BCUT2D eigenvalue weighted by molar-refractivity contribution is 6.10. The van der Waals surface area contributed by atoms with Gasteiger partial charge < -0.3 is 9.55 Å². The number of aromatic amines is 1. The van der Waals surface area contributed by atoms with E-state index in [1.54, 1.807) is 30.5 Å². The van der Waals surface area contributed by atoms with Crippen LogP contribution in [0.1, 0.15) is 28.5 Å². The van der Waals surface area contributed by atoms with E-state index >= 15 is 0 Å². The minimum absolute atomic E-state index is 0.0103. The van der Waals surface area contributed by atoms with Crippen molar-refractivity contribution in [3.05, 3.63) is 98.1 Å². The van der Waals surface area contributed by atoms with Crippen molar-refractivity contribution in [1.82, 2.24) is 9.55 Å². The maximum atomic E-state index is 12.8. The van der Waals surface area contributed by atoms with E-state index in [4.69, 9.17) is 0 Å². The second-order valence-corrected chi connectivity index (χ2v) is 7.23. The highest BCUT2D eigenvalue weighted by atomic mass is 16.6. The normalized spacial score (nSPS) is 11.0. The van der Waals surface area contributed by atoms with Gasteiger partial charge >= 0.3 is 0 Å². The zero-order valence-electron chi connectivity index (χ0n) is 16.5. The second kappa shape index (κ2) is 7.44. The highest BCUT2D eigenvalue weighted by Gasteiger charge is 2.23. The molecule has 1 N–H and O–H groups in total. The molecule has 4 aromatic rings. The average Bonchev–Trinajstić information content (AvgIpc) is 3.02. The number of Topliss-reactive ketones (excluding diaryl/α,β-unsaturated/α-hetero) is 1. The minimum Gasteiger partial charge on any atom is -0.333 e. The molecular weight excluding hydrogens is 382 g/mol. The molecule has 150 valence electrons. The first-order valence-electron chi connectivity index (χ1n) is 9.42. The van der Waals surface area contributed by atoms with Crippen LogP contribution >= 0.6 is 0 Å². The lowest BCUT2D eigenvalue weighted by atomic mass is 10.0. The summed E-state index contributed by atoms with van der Waals surface area (Å²) < 4.78 is 1.83. The Bertz CT molecular complexity index is 1360. The fourth-order valence-electron chi connectivity index (χ4n) is 3.84. The summed E-state index contributed by atoms with van der Waals surface area (Å²) in [5, 5.41) is 12.0. The molecule has 0 amide bonds. The largest absolute Gasteiger partial charge is 0.333 e. The zero-order valence-corrected chi connectivity index (χ0v) is 16.5. The van der Waals surface area contributed by atoms with Gasteiger partial charge in [-0.05, 0) is 36.8 Å². The fourth-order valence-corrected chi connectivity index (χ4v) is 3.84. The van der Waals surface area contributed by atoms with Crippen LogP contribution in [0.3, 0.4) is 0 Å². The van der Waals surface area contributed by atoms with E-state index in [0.717, 1.165) is 16.5 Å². The van der Waals surface area contributed by atoms with Gasteiger partial charge in [0.05, 0.1) is 10.6 Å². The number of nitrogens with zero attached hydrogens (tertiary/aromatic N) is 2. The summed E-state index contributed by atoms with van der Waals surface area (Å²) in [5.74, 6) is -0.187. The topological polar surface area (TPSA) is 98.0 Å². The summed E-state index contributed by atoms with van der Waals surface area (Å²) in [6.07, 6.45) is 1.55. The van der Waals surface area contributed by atoms with Gasteiger partial charge in [0, 0.05) is 53.8 Å². The summed E-state index contributed by atoms with van der Waals surface area (Å²) in [6.45, 7) is 3.68. The standard InChI is InChI=1S/C23H19N3O4/c1-14-8-9-20-19(11-14)21(18-7-4-10-24-23(18)28)22(15(2)27)25(20)13-16-5-3-6-17(12-16)26(29)30/h3-12H,13H2,1-2H3,(H,24,28). The molecule has 0 atom stereocenters. The molecule has 0 saturated heterocycles. The number of pyridine rings is 1. The molecule has 0 saturated carbocycles.